The van der Waals surface area contributed by atoms with Gasteiger partial charge in [0.15, 0.2) is 0 Å². The summed E-state index contributed by atoms with van der Waals surface area (Å²) in [4.78, 5) is 25.2. The molecule has 0 fully saturated rings. The van der Waals surface area contributed by atoms with Gasteiger partial charge in [0.05, 0.1) is 6.26 Å². The number of rotatable bonds is 7. The minimum atomic E-state index is -0.292. The normalized spacial score (nSPS) is 10.4. The van der Waals surface area contributed by atoms with E-state index >= 15 is 0 Å². The largest absolute Gasteiger partial charge is 0.467 e. The minimum Gasteiger partial charge on any atom is -0.467 e. The Morgan fingerprint density at radius 2 is 2.30 bits per heavy atom. The Hall–Kier alpha value is -2.34. The van der Waals surface area contributed by atoms with Crippen LogP contribution in [0, 0.1) is 0 Å². The number of hydrogen-bond acceptors (Lipinski definition) is 4. The van der Waals surface area contributed by atoms with Crippen molar-refractivity contribution in [3.8, 4) is 0 Å². The molecule has 2 aromatic heterocycles. The molecule has 0 saturated carbocycles. The Balaban J connectivity index is 1.61. The number of nitrogens with one attached hydrogen (secondary N) is 2. The predicted octanol–water partition coefficient (Wildman–Crippen LogP) is 1.30. The fourth-order valence-electron chi connectivity index (χ4n) is 1.63. The van der Waals surface area contributed by atoms with E-state index in [9.17, 15) is 9.59 Å². The van der Waals surface area contributed by atoms with Gasteiger partial charge in [-0.3, -0.25) is 9.59 Å². The summed E-state index contributed by atoms with van der Waals surface area (Å²) in [7, 11) is 0. The van der Waals surface area contributed by atoms with Gasteiger partial charge in [0, 0.05) is 31.0 Å². The van der Waals surface area contributed by atoms with Gasteiger partial charge < -0.3 is 19.5 Å². The highest BCUT2D eigenvalue weighted by atomic mass is 16.5. The average molecular weight is 276 g/mol. The standard InChI is InChI=1S/C14H16N2O4/c17-13-9-11(4-6-15-13)14(18)16-5-2-7-19-10-12-3-1-8-20-12/h1,3-4,6,8-9H,2,5,7,10H2,(H,15,17)(H,16,18). The third-order valence-corrected chi connectivity index (χ3v) is 2.61. The van der Waals surface area contributed by atoms with Crippen LogP contribution in [0.4, 0.5) is 0 Å². The van der Waals surface area contributed by atoms with Crippen LogP contribution < -0.4 is 10.9 Å². The van der Waals surface area contributed by atoms with Gasteiger partial charge in [-0.2, -0.15) is 0 Å². The van der Waals surface area contributed by atoms with E-state index in [1.165, 1.54) is 12.3 Å². The fraction of sp³-hybridized carbons (Fsp3) is 0.286. The first-order valence-electron chi connectivity index (χ1n) is 6.33. The lowest BCUT2D eigenvalue weighted by Gasteiger charge is -2.05. The van der Waals surface area contributed by atoms with E-state index in [4.69, 9.17) is 9.15 Å². The van der Waals surface area contributed by atoms with Crippen LogP contribution in [0.5, 0.6) is 0 Å². The van der Waals surface area contributed by atoms with Crippen LogP contribution in [0.3, 0.4) is 0 Å². The number of carbonyl (C=O) groups excluding carboxylic acids is 1. The van der Waals surface area contributed by atoms with Crippen LogP contribution in [0.25, 0.3) is 0 Å². The molecule has 2 aromatic rings. The first kappa shape index (κ1) is 14.1. The quantitative estimate of drug-likeness (QED) is 0.747. The SMILES string of the molecule is O=C(NCCCOCc1ccco1)c1cc[nH]c(=O)c1. The maximum Gasteiger partial charge on any atom is 0.251 e. The second-order valence-corrected chi connectivity index (χ2v) is 4.18. The van der Waals surface area contributed by atoms with Crippen LogP contribution in [-0.2, 0) is 11.3 Å². The van der Waals surface area contributed by atoms with E-state index in [0.29, 0.717) is 31.7 Å². The van der Waals surface area contributed by atoms with Crippen molar-refractivity contribution < 1.29 is 13.9 Å². The number of carbonyl (C=O) groups is 1. The molecule has 0 aromatic carbocycles. The summed E-state index contributed by atoms with van der Waals surface area (Å²) in [5.74, 6) is 0.514. The van der Waals surface area contributed by atoms with Crippen LogP contribution in [0.15, 0.2) is 45.9 Å². The minimum absolute atomic E-state index is 0.262. The van der Waals surface area contributed by atoms with Crippen molar-refractivity contribution in [3.05, 3.63) is 58.4 Å². The Morgan fingerprint density at radius 3 is 3.05 bits per heavy atom. The van der Waals surface area contributed by atoms with Crippen LogP contribution in [0.2, 0.25) is 0 Å². The number of ether oxygens (including phenoxy) is 1. The molecule has 6 nitrogen and oxygen atoms in total. The first-order valence-corrected chi connectivity index (χ1v) is 6.33. The molecule has 0 atom stereocenters. The van der Waals surface area contributed by atoms with Gasteiger partial charge in [-0.1, -0.05) is 0 Å². The molecular formula is C14H16N2O4. The number of pyridine rings is 1. The average Bonchev–Trinajstić information content (AvgIpc) is 2.95. The maximum atomic E-state index is 11.7. The molecule has 0 unspecified atom stereocenters. The van der Waals surface area contributed by atoms with E-state index in [2.05, 4.69) is 10.3 Å². The number of aromatic amines is 1. The van der Waals surface area contributed by atoms with Crippen molar-refractivity contribution in [3.63, 3.8) is 0 Å². The summed E-state index contributed by atoms with van der Waals surface area (Å²) >= 11 is 0. The molecule has 2 heterocycles. The zero-order chi connectivity index (χ0) is 14.2. The van der Waals surface area contributed by atoms with Crippen molar-refractivity contribution in [2.45, 2.75) is 13.0 Å². The Morgan fingerprint density at radius 1 is 1.40 bits per heavy atom. The molecular weight excluding hydrogens is 260 g/mol. The monoisotopic (exact) mass is 276 g/mol. The molecule has 0 aliphatic rings. The Bertz CT molecular complexity index is 589. The molecule has 0 spiro atoms. The van der Waals surface area contributed by atoms with E-state index in [1.54, 1.807) is 18.4 Å². The number of aromatic nitrogens is 1. The van der Waals surface area contributed by atoms with Gasteiger partial charge in [-0.15, -0.1) is 0 Å². The Labute approximate surface area is 115 Å². The molecule has 0 aliphatic heterocycles. The lowest BCUT2D eigenvalue weighted by molar-refractivity contribution is 0.0917. The van der Waals surface area contributed by atoms with E-state index in [0.717, 1.165) is 5.76 Å². The molecule has 1 amide bonds. The van der Waals surface area contributed by atoms with Gasteiger partial charge in [-0.05, 0) is 24.6 Å². The van der Waals surface area contributed by atoms with Gasteiger partial charge >= 0.3 is 0 Å². The van der Waals surface area contributed by atoms with E-state index in [-0.39, 0.29) is 11.5 Å². The van der Waals surface area contributed by atoms with Crippen molar-refractivity contribution in [2.75, 3.05) is 13.2 Å². The molecule has 0 saturated heterocycles. The molecule has 0 aliphatic carbocycles. The highest BCUT2D eigenvalue weighted by molar-refractivity contribution is 5.93. The molecule has 2 N–H and O–H groups in total. The highest BCUT2D eigenvalue weighted by Crippen LogP contribution is 2.01. The third kappa shape index (κ3) is 4.40. The number of furan rings is 1. The van der Waals surface area contributed by atoms with E-state index < -0.39 is 0 Å². The summed E-state index contributed by atoms with van der Waals surface area (Å²) in [5, 5.41) is 2.72. The van der Waals surface area contributed by atoms with Crippen molar-refractivity contribution in [1.82, 2.24) is 10.3 Å². The topological polar surface area (TPSA) is 84.3 Å². The van der Waals surface area contributed by atoms with Crippen molar-refractivity contribution in [2.24, 2.45) is 0 Å². The number of hydrogen-bond donors (Lipinski definition) is 2. The zero-order valence-corrected chi connectivity index (χ0v) is 10.9. The maximum absolute atomic E-state index is 11.7. The van der Waals surface area contributed by atoms with Crippen molar-refractivity contribution in [1.29, 1.82) is 0 Å². The van der Waals surface area contributed by atoms with Gasteiger partial charge in [-0.25, -0.2) is 0 Å². The van der Waals surface area contributed by atoms with Crippen LogP contribution >= 0.6 is 0 Å². The lowest BCUT2D eigenvalue weighted by atomic mass is 10.2. The summed E-state index contributed by atoms with van der Waals surface area (Å²) in [6.45, 7) is 1.44. The molecule has 6 heteroatoms. The molecule has 106 valence electrons. The van der Waals surface area contributed by atoms with Crippen molar-refractivity contribution >= 4 is 5.91 Å². The molecule has 0 radical (unpaired) electrons. The number of amides is 1. The Kier molecular flexibility index (Phi) is 5.14. The highest BCUT2D eigenvalue weighted by Gasteiger charge is 2.04. The third-order valence-electron chi connectivity index (χ3n) is 2.61. The second kappa shape index (κ2) is 7.30. The van der Waals surface area contributed by atoms with Crippen LogP contribution in [0.1, 0.15) is 22.5 Å². The summed E-state index contributed by atoms with van der Waals surface area (Å²) in [6, 6.07) is 6.47. The van der Waals surface area contributed by atoms with Gasteiger partial charge in [0.25, 0.3) is 5.91 Å². The molecule has 20 heavy (non-hydrogen) atoms. The summed E-state index contributed by atoms with van der Waals surface area (Å²) < 4.78 is 10.5. The predicted molar refractivity (Wildman–Crippen MR) is 72.4 cm³/mol. The molecule has 2 rings (SSSR count). The fourth-order valence-corrected chi connectivity index (χ4v) is 1.63. The van der Waals surface area contributed by atoms with E-state index in [1.807, 2.05) is 6.07 Å². The first-order chi connectivity index (χ1) is 9.75. The van der Waals surface area contributed by atoms with Gasteiger partial charge in [0.1, 0.15) is 12.4 Å². The zero-order valence-electron chi connectivity index (χ0n) is 10.9. The van der Waals surface area contributed by atoms with Gasteiger partial charge in [0.2, 0.25) is 5.56 Å². The smallest absolute Gasteiger partial charge is 0.251 e. The second-order valence-electron chi connectivity index (χ2n) is 4.18. The van der Waals surface area contributed by atoms with Crippen LogP contribution in [-0.4, -0.2) is 24.0 Å². The summed E-state index contributed by atoms with van der Waals surface area (Å²) in [6.07, 6.45) is 3.74. The summed E-state index contributed by atoms with van der Waals surface area (Å²) in [5.41, 5.74) is 0.0599. The molecule has 0 bridgehead atoms. The lowest BCUT2D eigenvalue weighted by Crippen LogP contribution is -2.26. The number of H-pyrrole nitrogens is 1.